The van der Waals surface area contributed by atoms with Gasteiger partial charge < -0.3 is 71.5 Å². The highest BCUT2D eigenvalue weighted by molar-refractivity contribution is 5.84. The zero-order valence-electron chi connectivity index (χ0n) is 48.6. The van der Waals surface area contributed by atoms with E-state index < -0.39 is 85.1 Å². The normalized spacial score (nSPS) is 10.8. The van der Waals surface area contributed by atoms with Gasteiger partial charge in [0.25, 0.3) is 0 Å². The number of nitrogens with zero attached hydrogens (tertiary/aromatic N) is 6. The number of nitrogens with two attached hydrogens (primary N) is 2. The Morgan fingerprint density at radius 2 is 0.384 bits per heavy atom. The number of amides is 6. The molecular weight excluding hydrogens is 1120 g/mol. The molecule has 26 nitrogen and oxygen atoms in total. The van der Waals surface area contributed by atoms with Gasteiger partial charge in [0, 0.05) is 130 Å². The second-order valence-electron chi connectivity index (χ2n) is 20.7. The summed E-state index contributed by atoms with van der Waals surface area (Å²) in [6.45, 7) is 2.27. The second kappa shape index (κ2) is 39.0. The molecule has 0 aromatic heterocycles. The van der Waals surface area contributed by atoms with Gasteiger partial charge in [-0.2, -0.15) is 0 Å². The fourth-order valence-electron chi connectivity index (χ4n) is 9.08. The van der Waals surface area contributed by atoms with E-state index in [9.17, 15) is 78.0 Å². The Labute approximate surface area is 499 Å². The zero-order chi connectivity index (χ0) is 63.6. The number of carboxylic acid groups (broad SMARTS) is 6. The molecule has 0 saturated carbocycles. The van der Waals surface area contributed by atoms with E-state index in [2.05, 4.69) is 0 Å². The lowest BCUT2D eigenvalue weighted by Gasteiger charge is -2.26. The Bertz CT molecular complexity index is 2560. The summed E-state index contributed by atoms with van der Waals surface area (Å²) in [5.41, 5.74) is 15.6. The fourth-order valence-corrected chi connectivity index (χ4v) is 9.08. The summed E-state index contributed by atoms with van der Waals surface area (Å²) in [6, 6.07) is 21.1. The van der Waals surface area contributed by atoms with E-state index in [0.717, 1.165) is 11.1 Å². The molecule has 26 heteroatoms. The minimum absolute atomic E-state index is 0.0812. The van der Waals surface area contributed by atoms with Gasteiger partial charge in [0.15, 0.2) is 0 Å². The Balaban J connectivity index is 1.72. The lowest BCUT2D eigenvalue weighted by molar-refractivity contribution is -0.141. The highest BCUT2D eigenvalue weighted by Crippen LogP contribution is 2.19. The number of carboxylic acids is 6. The molecule has 0 aliphatic heterocycles. The van der Waals surface area contributed by atoms with Crippen LogP contribution in [0.5, 0.6) is 0 Å². The number of aliphatic carboxylic acids is 6. The van der Waals surface area contributed by atoms with Crippen molar-refractivity contribution in [3.8, 4) is 0 Å². The molecule has 0 aliphatic carbocycles. The van der Waals surface area contributed by atoms with Gasteiger partial charge in [0.2, 0.25) is 35.4 Å². The van der Waals surface area contributed by atoms with E-state index in [1.807, 2.05) is 0 Å². The number of carbonyl (C=O) groups is 12. The van der Waals surface area contributed by atoms with Crippen LogP contribution in [-0.4, -0.2) is 184 Å². The summed E-state index contributed by atoms with van der Waals surface area (Å²) in [5, 5.41) is 55.4. The molecule has 0 radical (unpaired) electrons. The number of rotatable bonds is 44. The standard InChI is InChI=1S/C60H82N8O18/c61-29-35-67(53(73)21-27-59(83)84)41-47-13-9-45(10-14-47)39-65(51(71)19-25-57(79)80)33-3-1-31-63(49(69)17-23-55(75)76)37-43-5-7-44(8-6-43)38-64(50(70)18-24-56(77)78)32-2-4-34-66(52(72)20-26-58(81)82)40-46-11-15-48(16-12-46)42-68(36-30-62)54(74)22-28-60(85)86/h5-16H,1-4,17-42,61-62H2,(H,75,76)(H,77,78)(H,79,80)(H,81,82)(H,83,84)(H,85,86). The number of hydrogen-bond donors (Lipinski definition) is 8. The first-order chi connectivity index (χ1) is 41.0. The monoisotopic (exact) mass is 1200 g/mol. The Morgan fingerprint density at radius 3 is 0.512 bits per heavy atom. The quantitative estimate of drug-likeness (QED) is 0.0374. The predicted molar refractivity (Wildman–Crippen MR) is 310 cm³/mol. The molecule has 0 heterocycles. The molecular formula is C60H82N8O18. The van der Waals surface area contributed by atoms with Gasteiger partial charge in [0.05, 0.1) is 38.5 Å². The van der Waals surface area contributed by atoms with E-state index >= 15 is 0 Å². The highest BCUT2D eigenvalue weighted by Gasteiger charge is 2.23. The molecule has 86 heavy (non-hydrogen) atoms. The molecule has 3 rings (SSSR count). The largest absolute Gasteiger partial charge is 0.481 e. The van der Waals surface area contributed by atoms with Gasteiger partial charge in [-0.1, -0.05) is 72.8 Å². The Kier molecular flexibility index (Phi) is 32.4. The molecule has 3 aromatic carbocycles. The second-order valence-corrected chi connectivity index (χ2v) is 20.7. The van der Waals surface area contributed by atoms with Crippen molar-refractivity contribution in [2.75, 3.05) is 52.4 Å². The SMILES string of the molecule is NCCN(Cc1ccc(CN(CCCCN(Cc2ccc(CN(CCCCN(Cc3ccc(CN(CCN)C(=O)CCC(=O)O)cc3)C(=O)CCC(=O)O)C(=O)CCC(=O)O)cc2)C(=O)CCC(=O)O)C(=O)CCC(=O)O)cc1)C(=O)CCC(=O)O. The summed E-state index contributed by atoms with van der Waals surface area (Å²) in [7, 11) is 0. The molecule has 0 spiro atoms. The van der Waals surface area contributed by atoms with Crippen LogP contribution in [0.4, 0.5) is 0 Å². The highest BCUT2D eigenvalue weighted by atomic mass is 16.4. The number of hydrogen-bond acceptors (Lipinski definition) is 14. The first-order valence-electron chi connectivity index (χ1n) is 28.6. The lowest BCUT2D eigenvalue weighted by atomic mass is 10.1. The van der Waals surface area contributed by atoms with Crippen molar-refractivity contribution in [1.82, 2.24) is 29.4 Å². The van der Waals surface area contributed by atoms with E-state index in [-0.39, 0.29) is 155 Å². The van der Waals surface area contributed by atoms with Crippen LogP contribution in [0.15, 0.2) is 72.8 Å². The third kappa shape index (κ3) is 29.2. The third-order valence-corrected chi connectivity index (χ3v) is 13.8. The Hall–Kier alpha value is -8.78. The average Bonchev–Trinajstić information content (AvgIpc) is 3.47. The minimum Gasteiger partial charge on any atom is -0.481 e. The molecule has 0 unspecified atom stereocenters. The first kappa shape index (κ1) is 71.5. The van der Waals surface area contributed by atoms with Crippen molar-refractivity contribution in [1.29, 1.82) is 0 Å². The molecule has 470 valence electrons. The average molecular weight is 1200 g/mol. The number of unbranched alkanes of at least 4 members (excludes halogenated alkanes) is 2. The van der Waals surface area contributed by atoms with Crippen molar-refractivity contribution in [2.45, 2.75) is 142 Å². The molecule has 0 fully saturated rings. The summed E-state index contributed by atoms with van der Waals surface area (Å²) >= 11 is 0. The summed E-state index contributed by atoms with van der Waals surface area (Å²) in [4.78, 5) is 156. The van der Waals surface area contributed by atoms with Crippen LogP contribution < -0.4 is 11.5 Å². The lowest BCUT2D eigenvalue weighted by Crippen LogP contribution is -2.35. The molecule has 0 aliphatic rings. The van der Waals surface area contributed by atoms with Gasteiger partial charge >= 0.3 is 35.8 Å². The van der Waals surface area contributed by atoms with Crippen molar-refractivity contribution < 1.29 is 88.2 Å². The van der Waals surface area contributed by atoms with Crippen molar-refractivity contribution in [3.63, 3.8) is 0 Å². The van der Waals surface area contributed by atoms with Crippen LogP contribution in [0, 0.1) is 0 Å². The summed E-state index contributed by atoms with van der Waals surface area (Å²) < 4.78 is 0. The molecule has 0 saturated heterocycles. The Morgan fingerprint density at radius 1 is 0.244 bits per heavy atom. The first-order valence-corrected chi connectivity index (χ1v) is 28.6. The van der Waals surface area contributed by atoms with Crippen molar-refractivity contribution in [3.05, 3.63) is 106 Å². The van der Waals surface area contributed by atoms with Crippen LogP contribution in [0.2, 0.25) is 0 Å². The van der Waals surface area contributed by atoms with Crippen molar-refractivity contribution in [2.24, 2.45) is 11.5 Å². The van der Waals surface area contributed by atoms with Gasteiger partial charge in [-0.15, -0.1) is 0 Å². The fraction of sp³-hybridized carbons (Fsp3) is 0.500. The van der Waals surface area contributed by atoms with Gasteiger partial charge in [-0.25, -0.2) is 0 Å². The smallest absolute Gasteiger partial charge is 0.303 e. The maximum Gasteiger partial charge on any atom is 0.303 e. The number of benzene rings is 3. The third-order valence-electron chi connectivity index (χ3n) is 13.8. The maximum atomic E-state index is 13.5. The molecule has 0 atom stereocenters. The van der Waals surface area contributed by atoms with E-state index in [4.69, 9.17) is 21.7 Å². The minimum atomic E-state index is -1.16. The molecule has 6 amide bonds. The summed E-state index contributed by atoms with van der Waals surface area (Å²) in [6.07, 6.45) is -2.18. The van der Waals surface area contributed by atoms with Crippen LogP contribution >= 0.6 is 0 Å². The maximum absolute atomic E-state index is 13.5. The molecule has 3 aromatic rings. The van der Waals surface area contributed by atoms with E-state index in [1.54, 1.807) is 72.8 Å². The van der Waals surface area contributed by atoms with E-state index in [1.165, 1.54) is 29.4 Å². The van der Waals surface area contributed by atoms with Gasteiger partial charge in [-0.05, 0) is 59.1 Å². The number of carbonyl (C=O) groups excluding carboxylic acids is 6. The zero-order valence-corrected chi connectivity index (χ0v) is 48.6. The molecule has 0 bridgehead atoms. The topological polar surface area (TPSA) is 398 Å². The molecule has 10 N–H and O–H groups in total. The van der Waals surface area contributed by atoms with Crippen LogP contribution in [0.25, 0.3) is 0 Å². The van der Waals surface area contributed by atoms with Crippen LogP contribution in [-0.2, 0) is 96.8 Å². The van der Waals surface area contributed by atoms with Crippen LogP contribution in [0.3, 0.4) is 0 Å². The van der Waals surface area contributed by atoms with Crippen LogP contribution in [0.1, 0.15) is 136 Å². The van der Waals surface area contributed by atoms with Gasteiger partial charge in [-0.3, -0.25) is 57.5 Å². The summed E-state index contributed by atoms with van der Waals surface area (Å²) in [5.74, 6) is -9.20. The van der Waals surface area contributed by atoms with E-state index in [0.29, 0.717) is 47.9 Å². The van der Waals surface area contributed by atoms with Crippen molar-refractivity contribution >= 4 is 71.3 Å². The predicted octanol–water partition coefficient (Wildman–Crippen LogP) is 3.73. The van der Waals surface area contributed by atoms with Gasteiger partial charge in [0.1, 0.15) is 0 Å².